The Morgan fingerprint density at radius 3 is 1.40 bits per heavy atom. The number of hydrogen-bond acceptors (Lipinski definition) is 3. The molecule has 5 heteroatoms. The highest BCUT2D eigenvalue weighted by molar-refractivity contribution is 6.75. The summed E-state index contributed by atoms with van der Waals surface area (Å²) in [5.41, 5.74) is 6.98. The summed E-state index contributed by atoms with van der Waals surface area (Å²) in [6.45, 7) is 23.3. The van der Waals surface area contributed by atoms with Gasteiger partial charge in [0.05, 0.1) is 0 Å². The third-order valence-electron chi connectivity index (χ3n) is 5.73. The molecule has 0 unspecified atom stereocenters. The molecule has 0 aromatic heterocycles. The molecule has 0 radical (unpaired) electrons. The molecule has 3 nitrogen and oxygen atoms in total. The van der Waals surface area contributed by atoms with Gasteiger partial charge in [-0.25, -0.2) is 0 Å². The van der Waals surface area contributed by atoms with Gasteiger partial charge in [-0.15, -0.1) is 0 Å². The molecular weight excluding hydrogens is 342 g/mol. The standard InChI is InChI=1S/C20H39NO2Si2/c1-19(2,3)24(7,8)22-17-13-16(11-12-21)14-18(15-17)23-25(9,10)20(4,5)6/h13-15H,11-12,21H2,1-10H3. The van der Waals surface area contributed by atoms with Crippen molar-refractivity contribution in [3.05, 3.63) is 23.8 Å². The summed E-state index contributed by atoms with van der Waals surface area (Å²) in [7, 11) is -3.77. The third-order valence-corrected chi connectivity index (χ3v) is 14.4. The van der Waals surface area contributed by atoms with Crippen LogP contribution in [0.5, 0.6) is 11.5 Å². The van der Waals surface area contributed by atoms with Gasteiger partial charge in [-0.3, -0.25) is 0 Å². The lowest BCUT2D eigenvalue weighted by molar-refractivity contribution is 0.473. The fourth-order valence-electron chi connectivity index (χ4n) is 1.95. The Morgan fingerprint density at radius 2 is 1.12 bits per heavy atom. The van der Waals surface area contributed by atoms with E-state index in [2.05, 4.69) is 85.9 Å². The van der Waals surface area contributed by atoms with Crippen molar-refractivity contribution < 1.29 is 8.85 Å². The van der Waals surface area contributed by atoms with Crippen LogP contribution in [0.1, 0.15) is 47.1 Å². The lowest BCUT2D eigenvalue weighted by Crippen LogP contribution is -2.44. The topological polar surface area (TPSA) is 44.5 Å². The Balaban J connectivity index is 3.22. The normalized spacial score (nSPS) is 13.7. The van der Waals surface area contributed by atoms with Crippen molar-refractivity contribution in [3.8, 4) is 11.5 Å². The van der Waals surface area contributed by atoms with Crippen LogP contribution in [-0.4, -0.2) is 23.2 Å². The van der Waals surface area contributed by atoms with Crippen molar-refractivity contribution in [2.75, 3.05) is 6.54 Å². The van der Waals surface area contributed by atoms with Gasteiger partial charge in [-0.05, 0) is 66.9 Å². The average molecular weight is 382 g/mol. The zero-order chi connectivity index (χ0) is 19.7. The molecule has 0 amide bonds. The molecule has 0 saturated carbocycles. The fraction of sp³-hybridized carbons (Fsp3) is 0.700. The Morgan fingerprint density at radius 1 is 0.760 bits per heavy atom. The molecule has 0 saturated heterocycles. The highest BCUT2D eigenvalue weighted by Crippen LogP contribution is 2.40. The third kappa shape index (κ3) is 5.86. The van der Waals surface area contributed by atoms with Gasteiger partial charge in [0.2, 0.25) is 16.6 Å². The van der Waals surface area contributed by atoms with Gasteiger partial charge in [0.15, 0.2) is 0 Å². The zero-order valence-electron chi connectivity index (χ0n) is 18.0. The summed E-state index contributed by atoms with van der Waals surface area (Å²) >= 11 is 0. The highest BCUT2D eigenvalue weighted by Gasteiger charge is 2.40. The minimum atomic E-state index is -1.89. The molecular formula is C20H39NO2Si2. The second-order valence-electron chi connectivity index (χ2n) is 10.1. The van der Waals surface area contributed by atoms with Crippen molar-refractivity contribution in [2.45, 2.75) is 84.2 Å². The predicted octanol–water partition coefficient (Wildman–Crippen LogP) is 5.96. The maximum atomic E-state index is 6.53. The molecule has 2 N–H and O–H groups in total. The van der Waals surface area contributed by atoms with Crippen LogP contribution in [0.3, 0.4) is 0 Å². The van der Waals surface area contributed by atoms with Crippen LogP contribution >= 0.6 is 0 Å². The molecule has 0 bridgehead atoms. The molecule has 144 valence electrons. The van der Waals surface area contributed by atoms with E-state index in [0.29, 0.717) is 6.54 Å². The number of hydrogen-bond donors (Lipinski definition) is 1. The summed E-state index contributed by atoms with van der Waals surface area (Å²) < 4.78 is 13.1. The first kappa shape index (κ1) is 22.3. The lowest BCUT2D eigenvalue weighted by Gasteiger charge is -2.38. The molecule has 0 aliphatic heterocycles. The molecule has 0 spiro atoms. The SMILES string of the molecule is CC(C)(C)[Si](C)(C)Oc1cc(CCN)cc(O[Si](C)(C)C(C)(C)C)c1. The van der Waals surface area contributed by atoms with Crippen LogP contribution in [-0.2, 0) is 6.42 Å². The molecule has 1 aromatic rings. The van der Waals surface area contributed by atoms with Gasteiger partial charge >= 0.3 is 0 Å². The first-order chi connectivity index (χ1) is 11.1. The van der Waals surface area contributed by atoms with E-state index in [0.717, 1.165) is 17.9 Å². The van der Waals surface area contributed by atoms with E-state index in [-0.39, 0.29) is 10.1 Å². The van der Waals surface area contributed by atoms with Crippen LogP contribution in [0.4, 0.5) is 0 Å². The second kappa shape index (κ2) is 7.45. The number of rotatable bonds is 6. The van der Waals surface area contributed by atoms with E-state index in [1.807, 2.05) is 0 Å². The van der Waals surface area contributed by atoms with Gasteiger partial charge in [0.25, 0.3) is 0 Å². The van der Waals surface area contributed by atoms with E-state index < -0.39 is 16.6 Å². The summed E-state index contributed by atoms with van der Waals surface area (Å²) in [6.07, 6.45) is 0.836. The predicted molar refractivity (Wildman–Crippen MR) is 115 cm³/mol. The lowest BCUT2D eigenvalue weighted by atomic mass is 10.1. The maximum absolute atomic E-state index is 6.53. The van der Waals surface area contributed by atoms with Crippen molar-refractivity contribution in [2.24, 2.45) is 5.73 Å². The molecule has 0 atom stereocenters. The van der Waals surface area contributed by atoms with E-state index >= 15 is 0 Å². The van der Waals surface area contributed by atoms with E-state index in [4.69, 9.17) is 14.6 Å². The van der Waals surface area contributed by atoms with Crippen LogP contribution in [0.25, 0.3) is 0 Å². The second-order valence-corrected chi connectivity index (χ2v) is 19.5. The molecule has 25 heavy (non-hydrogen) atoms. The van der Waals surface area contributed by atoms with Crippen molar-refractivity contribution in [1.82, 2.24) is 0 Å². The number of benzene rings is 1. The first-order valence-electron chi connectivity index (χ1n) is 9.31. The smallest absolute Gasteiger partial charge is 0.250 e. The summed E-state index contributed by atoms with van der Waals surface area (Å²) in [5, 5.41) is 0.328. The van der Waals surface area contributed by atoms with Crippen molar-refractivity contribution in [3.63, 3.8) is 0 Å². The van der Waals surface area contributed by atoms with Crippen LogP contribution < -0.4 is 14.6 Å². The average Bonchev–Trinajstić information content (AvgIpc) is 2.34. The largest absolute Gasteiger partial charge is 0.543 e. The minimum Gasteiger partial charge on any atom is -0.543 e. The molecule has 0 aliphatic carbocycles. The van der Waals surface area contributed by atoms with E-state index in [1.54, 1.807) is 0 Å². The first-order valence-corrected chi connectivity index (χ1v) is 15.1. The molecule has 0 heterocycles. The Kier molecular flexibility index (Phi) is 6.63. The van der Waals surface area contributed by atoms with E-state index in [1.165, 1.54) is 5.56 Å². The molecule has 0 fully saturated rings. The van der Waals surface area contributed by atoms with Crippen LogP contribution in [0.15, 0.2) is 18.2 Å². The summed E-state index contributed by atoms with van der Waals surface area (Å²) in [5.74, 6) is 1.84. The molecule has 0 aliphatic rings. The quantitative estimate of drug-likeness (QED) is 0.619. The number of nitrogens with two attached hydrogens (primary N) is 1. The summed E-state index contributed by atoms with van der Waals surface area (Å²) in [6, 6.07) is 6.33. The monoisotopic (exact) mass is 381 g/mol. The van der Waals surface area contributed by atoms with Gasteiger partial charge < -0.3 is 14.6 Å². The maximum Gasteiger partial charge on any atom is 0.250 e. The van der Waals surface area contributed by atoms with Crippen LogP contribution in [0, 0.1) is 0 Å². The summed E-state index contributed by atoms with van der Waals surface area (Å²) in [4.78, 5) is 0. The van der Waals surface area contributed by atoms with Crippen molar-refractivity contribution >= 4 is 16.6 Å². The van der Waals surface area contributed by atoms with Gasteiger partial charge in [0, 0.05) is 6.07 Å². The van der Waals surface area contributed by atoms with Crippen LogP contribution in [0.2, 0.25) is 36.3 Å². The van der Waals surface area contributed by atoms with Gasteiger partial charge in [0.1, 0.15) is 11.5 Å². The Hall–Kier alpha value is -0.786. The van der Waals surface area contributed by atoms with E-state index in [9.17, 15) is 0 Å². The molecule has 1 aromatic carbocycles. The van der Waals surface area contributed by atoms with Gasteiger partial charge in [-0.1, -0.05) is 41.5 Å². The zero-order valence-corrected chi connectivity index (χ0v) is 20.0. The highest BCUT2D eigenvalue weighted by atomic mass is 28.4. The van der Waals surface area contributed by atoms with Gasteiger partial charge in [-0.2, -0.15) is 0 Å². The fourth-order valence-corrected chi connectivity index (χ4v) is 3.98. The molecule has 1 rings (SSSR count). The Bertz CT molecular complexity index is 538. The van der Waals surface area contributed by atoms with Crippen molar-refractivity contribution in [1.29, 1.82) is 0 Å². The minimum absolute atomic E-state index is 0.164. The Labute approximate surface area is 157 Å².